The molecule has 0 unspecified atom stereocenters. The van der Waals surface area contributed by atoms with Crippen LogP contribution in [0.15, 0.2) is 64.7 Å². The first-order valence-corrected chi connectivity index (χ1v) is 11.2. The van der Waals surface area contributed by atoms with Crippen LogP contribution in [-0.2, 0) is 20.7 Å². The molecule has 4 rings (SSSR count). The van der Waals surface area contributed by atoms with Crippen molar-refractivity contribution < 1.29 is 19.1 Å². The van der Waals surface area contributed by atoms with Gasteiger partial charge >= 0.3 is 12.0 Å². The van der Waals surface area contributed by atoms with Gasteiger partial charge in [-0.3, -0.25) is 9.69 Å². The van der Waals surface area contributed by atoms with Crippen LogP contribution in [0.25, 0.3) is 0 Å². The van der Waals surface area contributed by atoms with E-state index in [1.165, 1.54) is 10.5 Å². The number of urea groups is 1. The predicted molar refractivity (Wildman–Crippen MR) is 119 cm³/mol. The summed E-state index contributed by atoms with van der Waals surface area (Å²) in [4.78, 5) is 40.2. The lowest BCUT2D eigenvalue weighted by molar-refractivity contribution is -0.136. The average molecular weight is 438 g/mol. The van der Waals surface area contributed by atoms with Gasteiger partial charge in [-0.2, -0.15) is 0 Å². The van der Waals surface area contributed by atoms with Crippen LogP contribution in [0.1, 0.15) is 24.1 Å². The number of rotatable bonds is 6. The minimum atomic E-state index is -0.602. The van der Waals surface area contributed by atoms with Crippen molar-refractivity contribution in [1.82, 2.24) is 10.2 Å². The van der Waals surface area contributed by atoms with Crippen molar-refractivity contribution >= 4 is 35.4 Å². The Morgan fingerprint density at radius 3 is 2.52 bits per heavy atom. The molecule has 3 amide bonds. The zero-order valence-electron chi connectivity index (χ0n) is 17.3. The number of carbonyl (C=O) groups is 3. The van der Waals surface area contributed by atoms with Crippen LogP contribution in [0.4, 0.5) is 10.5 Å². The van der Waals surface area contributed by atoms with E-state index in [9.17, 15) is 14.4 Å². The second kappa shape index (κ2) is 8.85. The third-order valence-electron chi connectivity index (χ3n) is 5.40. The molecule has 2 aromatic rings. The van der Waals surface area contributed by atoms with Gasteiger partial charge in [0.15, 0.2) is 0 Å². The van der Waals surface area contributed by atoms with Crippen LogP contribution in [0.5, 0.6) is 0 Å². The Balaban J connectivity index is 1.55. The van der Waals surface area contributed by atoms with Gasteiger partial charge in [-0.15, -0.1) is 11.8 Å². The second-order valence-electron chi connectivity index (χ2n) is 7.28. The fourth-order valence-corrected chi connectivity index (χ4v) is 4.10. The smallest absolute Gasteiger partial charge is 0.338 e. The van der Waals surface area contributed by atoms with E-state index in [4.69, 9.17) is 4.74 Å². The minimum Gasteiger partial charge on any atom is -0.456 e. The lowest BCUT2D eigenvalue weighted by atomic mass is 9.96. The number of aryl methyl sites for hydroxylation is 1. The molecule has 160 valence electrons. The zero-order chi connectivity index (χ0) is 22.0. The molecule has 0 aliphatic carbocycles. The Labute approximate surface area is 184 Å². The summed E-state index contributed by atoms with van der Waals surface area (Å²) in [5, 5.41) is 5.64. The molecular weight excluding hydrogens is 414 g/mol. The fraction of sp³-hybridized carbons (Fsp3) is 0.261. The van der Waals surface area contributed by atoms with E-state index in [0.29, 0.717) is 17.0 Å². The standard InChI is InChI=1S/C23H23N3O4S/c1-3-14-4-8-16(9-5-14)24-19(27)12-26-18-13-30-22(28)20(18)21(25-23(26)29)15-6-10-17(31-2)11-7-15/h4-11,21H,3,12-13H2,1-2H3,(H,24,27)(H,25,29)/t21-/m0/s1. The highest BCUT2D eigenvalue weighted by molar-refractivity contribution is 7.98. The molecule has 0 saturated heterocycles. The summed E-state index contributed by atoms with van der Waals surface area (Å²) in [6.45, 7) is 1.82. The van der Waals surface area contributed by atoms with E-state index in [0.717, 1.165) is 16.9 Å². The Morgan fingerprint density at radius 2 is 1.87 bits per heavy atom. The van der Waals surface area contributed by atoms with Gasteiger partial charge in [0, 0.05) is 10.6 Å². The SMILES string of the molecule is CCc1ccc(NC(=O)CN2C(=O)N[C@@H](c3ccc(SC)cc3)C3=C2COC3=O)cc1. The Hall–Kier alpha value is -3.26. The summed E-state index contributed by atoms with van der Waals surface area (Å²) in [5.74, 6) is -0.831. The number of carbonyl (C=O) groups excluding carboxylic acids is 3. The first kappa shape index (κ1) is 21.0. The molecule has 2 aliphatic heterocycles. The van der Waals surface area contributed by atoms with Crippen molar-refractivity contribution in [2.45, 2.75) is 24.3 Å². The number of ether oxygens (including phenoxy) is 1. The molecule has 8 heteroatoms. The number of nitrogens with one attached hydrogen (secondary N) is 2. The molecule has 2 aliphatic rings. The summed E-state index contributed by atoms with van der Waals surface area (Å²) < 4.78 is 5.22. The molecule has 1 atom stereocenters. The summed E-state index contributed by atoms with van der Waals surface area (Å²) in [5.41, 5.74) is 3.42. The van der Waals surface area contributed by atoms with E-state index in [-0.39, 0.29) is 19.1 Å². The van der Waals surface area contributed by atoms with Crippen LogP contribution in [0, 0.1) is 0 Å². The average Bonchev–Trinajstić information content (AvgIpc) is 3.17. The van der Waals surface area contributed by atoms with Gasteiger partial charge in [0.2, 0.25) is 5.91 Å². The first-order chi connectivity index (χ1) is 15.0. The van der Waals surface area contributed by atoms with Crippen molar-refractivity contribution in [2.75, 3.05) is 24.7 Å². The number of thioether (sulfide) groups is 1. The molecule has 2 N–H and O–H groups in total. The van der Waals surface area contributed by atoms with Gasteiger partial charge < -0.3 is 15.4 Å². The van der Waals surface area contributed by atoms with Gasteiger partial charge in [0.25, 0.3) is 0 Å². The molecule has 0 spiro atoms. The quantitative estimate of drug-likeness (QED) is 0.534. The van der Waals surface area contributed by atoms with Gasteiger partial charge in [-0.1, -0.05) is 31.2 Å². The number of amides is 3. The largest absolute Gasteiger partial charge is 0.456 e. The maximum atomic E-state index is 12.9. The van der Waals surface area contributed by atoms with Crippen molar-refractivity contribution in [3.63, 3.8) is 0 Å². The molecule has 0 saturated carbocycles. The van der Waals surface area contributed by atoms with Crippen molar-refractivity contribution in [3.8, 4) is 0 Å². The highest BCUT2D eigenvalue weighted by Crippen LogP contribution is 2.35. The van der Waals surface area contributed by atoms with E-state index >= 15 is 0 Å². The number of cyclic esters (lactones) is 1. The number of anilines is 1. The fourth-order valence-electron chi connectivity index (χ4n) is 3.69. The Bertz CT molecular complexity index is 1050. The molecule has 0 radical (unpaired) electrons. The number of hydrogen-bond donors (Lipinski definition) is 2. The number of nitrogens with zero attached hydrogens (tertiary/aromatic N) is 1. The molecule has 31 heavy (non-hydrogen) atoms. The third kappa shape index (κ3) is 4.29. The molecule has 2 aromatic carbocycles. The Kier molecular flexibility index (Phi) is 5.99. The van der Waals surface area contributed by atoms with Crippen molar-refractivity contribution in [2.24, 2.45) is 0 Å². The Morgan fingerprint density at radius 1 is 1.16 bits per heavy atom. The number of esters is 1. The molecule has 0 bridgehead atoms. The summed E-state index contributed by atoms with van der Waals surface area (Å²) in [6.07, 6.45) is 2.89. The van der Waals surface area contributed by atoms with Gasteiger partial charge in [-0.25, -0.2) is 9.59 Å². The highest BCUT2D eigenvalue weighted by atomic mass is 32.2. The normalized spacial score (nSPS) is 17.9. The van der Waals surface area contributed by atoms with Crippen molar-refractivity contribution in [3.05, 3.63) is 70.9 Å². The highest BCUT2D eigenvalue weighted by Gasteiger charge is 2.42. The zero-order valence-corrected chi connectivity index (χ0v) is 18.1. The van der Waals surface area contributed by atoms with E-state index < -0.39 is 18.0 Å². The van der Waals surface area contributed by atoms with Crippen LogP contribution in [-0.4, -0.2) is 42.2 Å². The van der Waals surface area contributed by atoms with Crippen LogP contribution in [0.3, 0.4) is 0 Å². The summed E-state index contributed by atoms with van der Waals surface area (Å²) in [7, 11) is 0. The van der Waals surface area contributed by atoms with Crippen LogP contribution >= 0.6 is 11.8 Å². The van der Waals surface area contributed by atoms with E-state index in [1.54, 1.807) is 11.8 Å². The van der Waals surface area contributed by atoms with E-state index in [2.05, 4.69) is 17.6 Å². The minimum absolute atomic E-state index is 0.0283. The number of benzene rings is 2. The molecule has 7 nitrogen and oxygen atoms in total. The number of hydrogen-bond acceptors (Lipinski definition) is 5. The molecular formula is C23H23N3O4S. The van der Waals surface area contributed by atoms with Gasteiger partial charge in [0.1, 0.15) is 13.2 Å². The van der Waals surface area contributed by atoms with Crippen LogP contribution < -0.4 is 10.6 Å². The monoisotopic (exact) mass is 437 g/mol. The second-order valence-corrected chi connectivity index (χ2v) is 8.16. The molecule has 2 heterocycles. The topological polar surface area (TPSA) is 87.7 Å². The van der Waals surface area contributed by atoms with Crippen LogP contribution in [0.2, 0.25) is 0 Å². The third-order valence-corrected chi connectivity index (χ3v) is 6.14. The van der Waals surface area contributed by atoms with Gasteiger partial charge in [0.05, 0.1) is 17.3 Å². The maximum Gasteiger partial charge on any atom is 0.338 e. The summed E-state index contributed by atoms with van der Waals surface area (Å²) >= 11 is 1.61. The molecule has 0 fully saturated rings. The predicted octanol–water partition coefficient (Wildman–Crippen LogP) is 3.49. The van der Waals surface area contributed by atoms with Crippen molar-refractivity contribution in [1.29, 1.82) is 0 Å². The molecule has 0 aromatic heterocycles. The first-order valence-electron chi connectivity index (χ1n) is 10.0. The van der Waals surface area contributed by atoms with Gasteiger partial charge in [-0.05, 0) is 48.1 Å². The lowest BCUT2D eigenvalue weighted by Gasteiger charge is -2.32. The summed E-state index contributed by atoms with van der Waals surface area (Å²) in [6, 6.07) is 14.2. The lowest BCUT2D eigenvalue weighted by Crippen LogP contribution is -2.49. The van der Waals surface area contributed by atoms with E-state index in [1.807, 2.05) is 54.8 Å². The maximum absolute atomic E-state index is 12.9.